The topological polar surface area (TPSA) is 64.9 Å². The van der Waals surface area contributed by atoms with Crippen LogP contribution in [0.3, 0.4) is 0 Å². The minimum atomic E-state index is -0.0900. The molecule has 1 atom stereocenters. The zero-order valence-corrected chi connectivity index (χ0v) is 10.3. The summed E-state index contributed by atoms with van der Waals surface area (Å²) in [5, 5.41) is 0.579. The summed E-state index contributed by atoms with van der Waals surface area (Å²) >= 11 is 7.66. The zero-order valence-electron chi connectivity index (χ0n) is 8.74. The van der Waals surface area contributed by atoms with Gasteiger partial charge in [-0.05, 0) is 18.2 Å². The molecule has 0 radical (unpaired) electrons. The van der Waals surface area contributed by atoms with E-state index in [1.54, 1.807) is 6.07 Å². The summed E-state index contributed by atoms with van der Waals surface area (Å²) in [6, 6.07) is 1.70. The number of halogens is 1. The van der Waals surface area contributed by atoms with E-state index in [0.717, 1.165) is 23.5 Å². The first-order valence-electron chi connectivity index (χ1n) is 4.89. The Labute approximate surface area is 99.6 Å². The number of rotatable bonds is 5. The molecular formula is C10H16ClN3S. The van der Waals surface area contributed by atoms with Crippen molar-refractivity contribution in [2.45, 2.75) is 19.4 Å². The molecule has 84 valence electrons. The van der Waals surface area contributed by atoms with Gasteiger partial charge in [-0.15, -0.1) is 0 Å². The predicted octanol–water partition coefficient (Wildman–Crippen LogP) is 2.46. The van der Waals surface area contributed by atoms with Crippen LogP contribution in [0.15, 0.2) is 12.3 Å². The lowest BCUT2D eigenvalue weighted by Crippen LogP contribution is -2.16. The van der Waals surface area contributed by atoms with E-state index in [-0.39, 0.29) is 6.04 Å². The lowest BCUT2D eigenvalue weighted by atomic mass is 10.1. The van der Waals surface area contributed by atoms with Gasteiger partial charge in [0.05, 0.1) is 5.02 Å². The number of hydrogen-bond donors (Lipinski definition) is 2. The monoisotopic (exact) mass is 245 g/mol. The Morgan fingerprint density at radius 2 is 2.33 bits per heavy atom. The van der Waals surface area contributed by atoms with E-state index < -0.39 is 0 Å². The predicted molar refractivity (Wildman–Crippen MR) is 68.2 cm³/mol. The SMILES string of the molecule is CCCSCC(N)c1cc(Cl)cnc1N. The fraction of sp³-hybridized carbons (Fsp3) is 0.500. The molecule has 0 fully saturated rings. The second-order valence-corrected chi connectivity index (χ2v) is 4.90. The van der Waals surface area contributed by atoms with Crippen LogP contribution in [0.1, 0.15) is 24.9 Å². The second-order valence-electron chi connectivity index (χ2n) is 3.31. The molecule has 1 aromatic rings. The zero-order chi connectivity index (χ0) is 11.3. The third-order valence-electron chi connectivity index (χ3n) is 1.96. The summed E-state index contributed by atoms with van der Waals surface area (Å²) in [6.45, 7) is 2.15. The highest BCUT2D eigenvalue weighted by Crippen LogP contribution is 2.23. The summed E-state index contributed by atoms with van der Waals surface area (Å²) in [4.78, 5) is 3.98. The lowest BCUT2D eigenvalue weighted by Gasteiger charge is -2.13. The maximum Gasteiger partial charge on any atom is 0.128 e. The van der Waals surface area contributed by atoms with Crippen LogP contribution in [0, 0.1) is 0 Å². The molecule has 1 rings (SSSR count). The van der Waals surface area contributed by atoms with E-state index in [2.05, 4.69) is 11.9 Å². The Bertz CT molecular complexity index is 320. The summed E-state index contributed by atoms with van der Waals surface area (Å²) < 4.78 is 0. The van der Waals surface area contributed by atoms with Crippen molar-refractivity contribution in [2.24, 2.45) is 5.73 Å². The van der Waals surface area contributed by atoms with E-state index in [1.807, 2.05) is 11.8 Å². The van der Waals surface area contributed by atoms with Crippen LogP contribution >= 0.6 is 23.4 Å². The van der Waals surface area contributed by atoms with Gasteiger partial charge in [-0.3, -0.25) is 0 Å². The normalized spacial score (nSPS) is 12.7. The quantitative estimate of drug-likeness (QED) is 0.783. The highest BCUT2D eigenvalue weighted by Gasteiger charge is 2.10. The van der Waals surface area contributed by atoms with E-state index in [0.29, 0.717) is 10.8 Å². The standard InChI is InChI=1S/C10H16ClN3S/c1-2-3-15-6-9(12)8-4-7(11)5-14-10(8)13/h4-5,9H,2-3,6,12H2,1H3,(H2,13,14). The third kappa shape index (κ3) is 3.89. The van der Waals surface area contributed by atoms with E-state index in [9.17, 15) is 0 Å². The molecule has 5 heteroatoms. The average Bonchev–Trinajstić information content (AvgIpc) is 2.22. The van der Waals surface area contributed by atoms with Crippen molar-refractivity contribution in [1.29, 1.82) is 0 Å². The Hall–Kier alpha value is -0.450. The fourth-order valence-corrected chi connectivity index (χ4v) is 2.26. The summed E-state index contributed by atoms with van der Waals surface area (Å²) in [5.74, 6) is 2.44. The highest BCUT2D eigenvalue weighted by atomic mass is 35.5. The van der Waals surface area contributed by atoms with Crippen molar-refractivity contribution in [3.8, 4) is 0 Å². The van der Waals surface area contributed by atoms with Crippen molar-refractivity contribution in [1.82, 2.24) is 4.98 Å². The first-order valence-corrected chi connectivity index (χ1v) is 6.42. The molecule has 0 aliphatic heterocycles. The summed E-state index contributed by atoms with van der Waals surface area (Å²) in [7, 11) is 0. The second kappa shape index (κ2) is 6.20. The molecule has 0 saturated heterocycles. The molecule has 0 aliphatic rings. The molecule has 1 unspecified atom stereocenters. The van der Waals surface area contributed by atoms with Crippen molar-refractivity contribution >= 4 is 29.2 Å². The Kier molecular flexibility index (Phi) is 5.22. The molecule has 0 spiro atoms. The maximum atomic E-state index is 6.01. The Balaban J connectivity index is 2.64. The van der Waals surface area contributed by atoms with Gasteiger partial charge in [-0.25, -0.2) is 4.98 Å². The van der Waals surface area contributed by atoms with Gasteiger partial charge in [0.1, 0.15) is 5.82 Å². The molecular weight excluding hydrogens is 230 g/mol. The van der Waals surface area contributed by atoms with Crippen LogP contribution < -0.4 is 11.5 Å². The largest absolute Gasteiger partial charge is 0.383 e. The van der Waals surface area contributed by atoms with E-state index in [4.69, 9.17) is 23.1 Å². The van der Waals surface area contributed by atoms with Crippen LogP contribution in [-0.4, -0.2) is 16.5 Å². The van der Waals surface area contributed by atoms with Gasteiger partial charge < -0.3 is 11.5 Å². The van der Waals surface area contributed by atoms with Gasteiger partial charge >= 0.3 is 0 Å². The highest BCUT2D eigenvalue weighted by molar-refractivity contribution is 7.99. The maximum absolute atomic E-state index is 6.01. The molecule has 3 nitrogen and oxygen atoms in total. The van der Waals surface area contributed by atoms with Gasteiger partial charge in [-0.2, -0.15) is 11.8 Å². The molecule has 0 bridgehead atoms. The smallest absolute Gasteiger partial charge is 0.128 e. The van der Waals surface area contributed by atoms with Crippen molar-refractivity contribution in [3.05, 3.63) is 22.8 Å². The number of aromatic nitrogens is 1. The molecule has 0 aromatic carbocycles. The Morgan fingerprint density at radius 3 is 3.00 bits per heavy atom. The first kappa shape index (κ1) is 12.6. The molecule has 1 heterocycles. The van der Waals surface area contributed by atoms with E-state index in [1.165, 1.54) is 6.20 Å². The van der Waals surface area contributed by atoms with Gasteiger partial charge in [0.15, 0.2) is 0 Å². The fourth-order valence-electron chi connectivity index (χ4n) is 1.21. The number of hydrogen-bond acceptors (Lipinski definition) is 4. The van der Waals surface area contributed by atoms with Crippen molar-refractivity contribution in [3.63, 3.8) is 0 Å². The number of anilines is 1. The minimum absolute atomic E-state index is 0.0900. The molecule has 15 heavy (non-hydrogen) atoms. The molecule has 0 aliphatic carbocycles. The minimum Gasteiger partial charge on any atom is -0.383 e. The number of thioether (sulfide) groups is 1. The number of nitrogens with zero attached hydrogens (tertiary/aromatic N) is 1. The number of nitrogen functional groups attached to an aromatic ring is 1. The summed E-state index contributed by atoms with van der Waals surface area (Å²) in [6.07, 6.45) is 2.69. The van der Waals surface area contributed by atoms with Crippen molar-refractivity contribution in [2.75, 3.05) is 17.2 Å². The van der Waals surface area contributed by atoms with Crippen LogP contribution in [0.2, 0.25) is 5.02 Å². The molecule has 0 amide bonds. The Morgan fingerprint density at radius 1 is 1.60 bits per heavy atom. The average molecular weight is 246 g/mol. The van der Waals surface area contributed by atoms with Crippen LogP contribution in [0.4, 0.5) is 5.82 Å². The number of nitrogens with two attached hydrogens (primary N) is 2. The van der Waals surface area contributed by atoms with E-state index >= 15 is 0 Å². The van der Waals surface area contributed by atoms with Crippen LogP contribution in [-0.2, 0) is 0 Å². The van der Waals surface area contributed by atoms with Gasteiger partial charge in [0, 0.05) is 23.6 Å². The lowest BCUT2D eigenvalue weighted by molar-refractivity contribution is 0.828. The van der Waals surface area contributed by atoms with Gasteiger partial charge in [0.25, 0.3) is 0 Å². The molecule has 1 aromatic heterocycles. The third-order valence-corrected chi connectivity index (χ3v) is 3.46. The van der Waals surface area contributed by atoms with Gasteiger partial charge in [0.2, 0.25) is 0 Å². The number of pyridine rings is 1. The summed E-state index contributed by atoms with van der Waals surface area (Å²) in [5.41, 5.74) is 12.6. The van der Waals surface area contributed by atoms with Crippen LogP contribution in [0.25, 0.3) is 0 Å². The first-order chi connectivity index (χ1) is 7.15. The molecule has 4 N–H and O–H groups in total. The van der Waals surface area contributed by atoms with Crippen LogP contribution in [0.5, 0.6) is 0 Å². The van der Waals surface area contributed by atoms with Crippen molar-refractivity contribution < 1.29 is 0 Å². The van der Waals surface area contributed by atoms with Gasteiger partial charge in [-0.1, -0.05) is 18.5 Å². The molecule has 0 saturated carbocycles.